The van der Waals surface area contributed by atoms with Crippen LogP contribution in [0.5, 0.6) is 0 Å². The van der Waals surface area contributed by atoms with Crippen LogP contribution in [-0.4, -0.2) is 33.3 Å². The molecule has 0 amide bonds. The van der Waals surface area contributed by atoms with E-state index in [2.05, 4.69) is 27.9 Å². The molecule has 0 radical (unpaired) electrons. The second-order valence-corrected chi connectivity index (χ2v) is 5.14. The highest BCUT2D eigenvalue weighted by molar-refractivity contribution is 5.44. The smallest absolute Gasteiger partial charge is 0.132 e. The Labute approximate surface area is 102 Å². The lowest BCUT2D eigenvalue weighted by molar-refractivity contribution is 0.126. The predicted octanol–water partition coefficient (Wildman–Crippen LogP) is 1.53. The summed E-state index contributed by atoms with van der Waals surface area (Å²) in [5.74, 6) is 1.05. The number of fused-ring (bicyclic) bond motifs is 2. The molecule has 2 atom stereocenters. The minimum absolute atomic E-state index is 0.115. The number of hydrogen-bond acceptors (Lipinski definition) is 4. The van der Waals surface area contributed by atoms with Crippen molar-refractivity contribution in [1.82, 2.24) is 9.97 Å². The summed E-state index contributed by atoms with van der Waals surface area (Å²) >= 11 is 0. The van der Waals surface area contributed by atoms with Gasteiger partial charge in [-0.2, -0.15) is 0 Å². The van der Waals surface area contributed by atoms with Gasteiger partial charge in [-0.15, -0.1) is 0 Å². The average molecular weight is 233 g/mol. The third-order valence-electron chi connectivity index (χ3n) is 4.04. The Morgan fingerprint density at radius 1 is 1.29 bits per heavy atom. The molecule has 2 fully saturated rings. The summed E-state index contributed by atoms with van der Waals surface area (Å²) < 4.78 is 0. The van der Waals surface area contributed by atoms with Crippen LogP contribution in [0, 0.1) is 0 Å². The quantitative estimate of drug-likeness (QED) is 0.841. The lowest BCUT2D eigenvalue weighted by Gasteiger charge is -2.38. The summed E-state index contributed by atoms with van der Waals surface area (Å²) in [7, 11) is 0. The molecule has 3 rings (SSSR count). The van der Waals surface area contributed by atoms with Crippen molar-refractivity contribution >= 4 is 5.82 Å². The van der Waals surface area contributed by atoms with Crippen LogP contribution < -0.4 is 4.90 Å². The van der Waals surface area contributed by atoms with Crippen molar-refractivity contribution in [2.45, 2.75) is 57.2 Å². The number of anilines is 1. The average Bonchev–Trinajstić information content (AvgIpc) is 2.62. The maximum absolute atomic E-state index is 9.80. The van der Waals surface area contributed by atoms with Crippen molar-refractivity contribution in [3.63, 3.8) is 0 Å². The van der Waals surface area contributed by atoms with E-state index < -0.39 is 0 Å². The summed E-state index contributed by atoms with van der Waals surface area (Å²) in [6.45, 7) is 2.11. The number of nitrogens with zero attached hydrogens (tertiary/aromatic N) is 3. The molecule has 4 nitrogen and oxygen atoms in total. The van der Waals surface area contributed by atoms with E-state index in [0.29, 0.717) is 12.1 Å². The van der Waals surface area contributed by atoms with Gasteiger partial charge in [0.05, 0.1) is 6.10 Å². The first-order valence-electron chi connectivity index (χ1n) is 6.55. The second-order valence-electron chi connectivity index (χ2n) is 5.14. The van der Waals surface area contributed by atoms with Crippen LogP contribution in [0.2, 0.25) is 0 Å². The molecule has 1 aromatic rings. The molecule has 2 aliphatic rings. The Balaban J connectivity index is 1.89. The molecule has 1 N–H and O–H groups in total. The lowest BCUT2D eigenvalue weighted by Crippen LogP contribution is -2.45. The molecule has 2 saturated heterocycles. The fourth-order valence-corrected chi connectivity index (χ4v) is 3.24. The molecule has 0 aliphatic carbocycles. The maximum Gasteiger partial charge on any atom is 0.132 e. The molecule has 4 heteroatoms. The van der Waals surface area contributed by atoms with Gasteiger partial charge in [-0.1, -0.05) is 6.92 Å². The third kappa shape index (κ3) is 1.90. The summed E-state index contributed by atoms with van der Waals surface area (Å²) in [6.07, 6.45) is 6.65. The SMILES string of the molecule is CCc1cc(N2C3CCC2CC(O)C3)ncn1. The van der Waals surface area contributed by atoms with Crippen LogP contribution in [0.3, 0.4) is 0 Å². The highest BCUT2D eigenvalue weighted by Crippen LogP contribution is 2.38. The zero-order chi connectivity index (χ0) is 11.8. The highest BCUT2D eigenvalue weighted by Gasteiger charge is 2.40. The van der Waals surface area contributed by atoms with Crippen LogP contribution in [-0.2, 0) is 6.42 Å². The number of aliphatic hydroxyl groups excluding tert-OH is 1. The summed E-state index contributed by atoms with van der Waals surface area (Å²) in [6, 6.07) is 3.05. The van der Waals surface area contributed by atoms with E-state index in [1.165, 1.54) is 12.8 Å². The Bertz CT molecular complexity index is 395. The van der Waals surface area contributed by atoms with Gasteiger partial charge in [-0.3, -0.25) is 0 Å². The molecular formula is C13H19N3O. The molecule has 2 unspecified atom stereocenters. The van der Waals surface area contributed by atoms with Crippen molar-refractivity contribution in [2.75, 3.05) is 4.90 Å². The minimum Gasteiger partial charge on any atom is -0.393 e. The summed E-state index contributed by atoms with van der Waals surface area (Å²) in [4.78, 5) is 11.1. The number of aromatic nitrogens is 2. The standard InChI is InChI=1S/C13H19N3O/c1-2-9-5-13(15-8-14-9)16-10-3-4-11(16)7-12(17)6-10/h5,8,10-12,17H,2-4,6-7H2,1H3. The van der Waals surface area contributed by atoms with E-state index >= 15 is 0 Å². The highest BCUT2D eigenvalue weighted by atomic mass is 16.3. The van der Waals surface area contributed by atoms with Gasteiger partial charge < -0.3 is 10.0 Å². The number of rotatable bonds is 2. The largest absolute Gasteiger partial charge is 0.393 e. The topological polar surface area (TPSA) is 49.2 Å². The fourth-order valence-electron chi connectivity index (χ4n) is 3.24. The minimum atomic E-state index is -0.115. The molecule has 3 heterocycles. The summed E-state index contributed by atoms with van der Waals surface area (Å²) in [5, 5.41) is 9.80. The molecule has 0 spiro atoms. The molecule has 0 saturated carbocycles. The van der Waals surface area contributed by atoms with Crippen LogP contribution in [0.4, 0.5) is 5.82 Å². The van der Waals surface area contributed by atoms with Gasteiger partial charge in [0.1, 0.15) is 12.1 Å². The van der Waals surface area contributed by atoms with Crippen molar-refractivity contribution in [3.05, 3.63) is 18.1 Å². The zero-order valence-corrected chi connectivity index (χ0v) is 10.2. The van der Waals surface area contributed by atoms with Crippen molar-refractivity contribution in [3.8, 4) is 0 Å². The number of aryl methyl sites for hydroxylation is 1. The van der Waals surface area contributed by atoms with E-state index in [1.54, 1.807) is 6.33 Å². The second kappa shape index (κ2) is 4.26. The fraction of sp³-hybridized carbons (Fsp3) is 0.692. The Kier molecular flexibility index (Phi) is 2.74. The van der Waals surface area contributed by atoms with Crippen molar-refractivity contribution < 1.29 is 5.11 Å². The Hall–Kier alpha value is -1.16. The maximum atomic E-state index is 9.80. The van der Waals surface area contributed by atoms with E-state index in [1.807, 2.05) is 0 Å². The first-order chi connectivity index (χ1) is 8.28. The monoisotopic (exact) mass is 233 g/mol. The lowest BCUT2D eigenvalue weighted by atomic mass is 10.00. The van der Waals surface area contributed by atoms with Gasteiger partial charge in [-0.25, -0.2) is 9.97 Å². The first-order valence-corrected chi connectivity index (χ1v) is 6.55. The normalized spacial score (nSPS) is 31.9. The number of hydrogen-bond donors (Lipinski definition) is 1. The third-order valence-corrected chi connectivity index (χ3v) is 4.04. The summed E-state index contributed by atoms with van der Waals surface area (Å²) in [5.41, 5.74) is 1.10. The van der Waals surface area contributed by atoms with Gasteiger partial charge in [0.2, 0.25) is 0 Å². The van der Waals surface area contributed by atoms with E-state index in [-0.39, 0.29) is 6.10 Å². The molecular weight excluding hydrogens is 214 g/mol. The molecule has 1 aromatic heterocycles. The zero-order valence-electron chi connectivity index (χ0n) is 10.2. The van der Waals surface area contributed by atoms with Crippen molar-refractivity contribution in [1.29, 1.82) is 0 Å². The number of piperidine rings is 1. The van der Waals surface area contributed by atoms with Gasteiger partial charge in [0.25, 0.3) is 0 Å². The van der Waals surface area contributed by atoms with Gasteiger partial charge >= 0.3 is 0 Å². The molecule has 92 valence electrons. The predicted molar refractivity (Wildman–Crippen MR) is 65.9 cm³/mol. The van der Waals surface area contributed by atoms with Gasteiger partial charge in [0, 0.05) is 23.8 Å². The van der Waals surface area contributed by atoms with Crippen LogP contribution in [0.1, 0.15) is 38.3 Å². The van der Waals surface area contributed by atoms with Crippen LogP contribution in [0.25, 0.3) is 0 Å². The van der Waals surface area contributed by atoms with Crippen LogP contribution >= 0.6 is 0 Å². The Morgan fingerprint density at radius 2 is 2.00 bits per heavy atom. The van der Waals surface area contributed by atoms with Gasteiger partial charge in [-0.05, 0) is 32.1 Å². The molecule has 0 aromatic carbocycles. The van der Waals surface area contributed by atoms with Crippen LogP contribution in [0.15, 0.2) is 12.4 Å². The van der Waals surface area contributed by atoms with Gasteiger partial charge in [0.15, 0.2) is 0 Å². The Morgan fingerprint density at radius 3 is 2.65 bits per heavy atom. The first kappa shape index (κ1) is 11.0. The van der Waals surface area contributed by atoms with E-state index in [0.717, 1.165) is 30.8 Å². The van der Waals surface area contributed by atoms with E-state index in [9.17, 15) is 5.11 Å². The number of aliphatic hydroxyl groups is 1. The molecule has 2 aliphatic heterocycles. The van der Waals surface area contributed by atoms with Crippen molar-refractivity contribution in [2.24, 2.45) is 0 Å². The van der Waals surface area contributed by atoms with E-state index in [4.69, 9.17) is 0 Å². The molecule has 17 heavy (non-hydrogen) atoms. The molecule has 2 bridgehead atoms.